The van der Waals surface area contributed by atoms with Crippen molar-refractivity contribution in [1.29, 1.82) is 0 Å². The molecule has 0 aliphatic carbocycles. The van der Waals surface area contributed by atoms with Crippen molar-refractivity contribution in [2.45, 2.75) is 23.5 Å². The van der Waals surface area contributed by atoms with Gasteiger partial charge in [-0.25, -0.2) is 9.97 Å². The molecule has 0 unspecified atom stereocenters. The molecule has 4 nitrogen and oxygen atoms in total. The highest BCUT2D eigenvalue weighted by Gasteiger charge is 2.01. The van der Waals surface area contributed by atoms with Gasteiger partial charge in [0.2, 0.25) is 0 Å². The first-order valence-corrected chi connectivity index (χ1v) is 7.34. The molecule has 1 aromatic carbocycles. The van der Waals surface area contributed by atoms with Crippen molar-refractivity contribution in [3.63, 3.8) is 0 Å². The van der Waals surface area contributed by atoms with E-state index >= 15 is 0 Å². The van der Waals surface area contributed by atoms with E-state index in [2.05, 4.69) is 46.5 Å². The molecule has 0 radical (unpaired) electrons. The van der Waals surface area contributed by atoms with E-state index in [1.165, 1.54) is 5.56 Å². The van der Waals surface area contributed by atoms with Crippen molar-refractivity contribution in [1.82, 2.24) is 15.3 Å². The van der Waals surface area contributed by atoms with Gasteiger partial charge >= 0.3 is 0 Å². The highest BCUT2D eigenvalue weighted by Crippen LogP contribution is 2.24. The second-order valence-electron chi connectivity index (χ2n) is 4.46. The molecule has 1 N–H and O–H groups in total. The Hall–Kier alpha value is -1.43. The Kier molecular flexibility index (Phi) is 5.98. The fraction of sp³-hybridized carbons (Fsp3) is 0.333. The summed E-state index contributed by atoms with van der Waals surface area (Å²) in [7, 11) is 1.70. The molecule has 20 heavy (non-hydrogen) atoms. The zero-order chi connectivity index (χ0) is 14.2. The van der Waals surface area contributed by atoms with E-state index < -0.39 is 0 Å². The van der Waals surface area contributed by atoms with Crippen LogP contribution in [0.1, 0.15) is 11.1 Å². The van der Waals surface area contributed by atoms with E-state index in [1.807, 2.05) is 12.4 Å². The number of aromatic nitrogens is 2. The van der Waals surface area contributed by atoms with Crippen LogP contribution in [0.4, 0.5) is 0 Å². The Morgan fingerprint density at radius 3 is 2.50 bits per heavy atom. The minimum atomic E-state index is 0.711. The average molecular weight is 289 g/mol. The molecule has 0 spiro atoms. The summed E-state index contributed by atoms with van der Waals surface area (Å²) in [5.41, 5.74) is 2.34. The van der Waals surface area contributed by atoms with Crippen LogP contribution in [-0.2, 0) is 11.3 Å². The third-order valence-corrected chi connectivity index (χ3v) is 3.63. The van der Waals surface area contributed by atoms with Gasteiger partial charge in [-0.1, -0.05) is 17.7 Å². The first-order valence-electron chi connectivity index (χ1n) is 6.53. The first kappa shape index (κ1) is 15.0. The van der Waals surface area contributed by atoms with Gasteiger partial charge < -0.3 is 10.1 Å². The standard InChI is InChI=1S/C15H19N3OS/c1-12-3-5-14(6-4-12)20-15-17-10-13(11-18-15)9-16-7-8-19-2/h3-6,10-11,16H,7-9H2,1-2H3. The van der Waals surface area contributed by atoms with Crippen LogP contribution in [-0.4, -0.2) is 30.2 Å². The number of benzene rings is 1. The van der Waals surface area contributed by atoms with Crippen molar-refractivity contribution >= 4 is 11.8 Å². The molecule has 1 heterocycles. The van der Waals surface area contributed by atoms with Crippen LogP contribution in [0.15, 0.2) is 46.7 Å². The van der Waals surface area contributed by atoms with Crippen LogP contribution in [0.2, 0.25) is 0 Å². The molecule has 0 bridgehead atoms. The summed E-state index contributed by atoms with van der Waals surface area (Å²) in [5, 5.41) is 4.04. The van der Waals surface area contributed by atoms with E-state index in [9.17, 15) is 0 Å². The molecule has 0 amide bonds. The van der Waals surface area contributed by atoms with Crippen LogP contribution in [0.3, 0.4) is 0 Å². The van der Waals surface area contributed by atoms with Gasteiger partial charge in [0, 0.05) is 43.1 Å². The van der Waals surface area contributed by atoms with Gasteiger partial charge in [-0.15, -0.1) is 0 Å². The molecule has 0 atom stereocenters. The molecule has 0 saturated heterocycles. The summed E-state index contributed by atoms with van der Waals surface area (Å²) in [4.78, 5) is 9.91. The maximum absolute atomic E-state index is 4.98. The summed E-state index contributed by atoms with van der Waals surface area (Å²) >= 11 is 1.57. The van der Waals surface area contributed by atoms with E-state index in [1.54, 1.807) is 18.9 Å². The Morgan fingerprint density at radius 1 is 1.15 bits per heavy atom. The van der Waals surface area contributed by atoms with Gasteiger partial charge in [0.1, 0.15) is 0 Å². The van der Waals surface area contributed by atoms with E-state index in [-0.39, 0.29) is 0 Å². The summed E-state index contributed by atoms with van der Waals surface area (Å²) in [6, 6.07) is 8.36. The molecule has 0 saturated carbocycles. The van der Waals surface area contributed by atoms with Crippen LogP contribution in [0, 0.1) is 6.92 Å². The van der Waals surface area contributed by atoms with Crippen LogP contribution >= 0.6 is 11.8 Å². The van der Waals surface area contributed by atoms with Crippen molar-refractivity contribution < 1.29 is 4.74 Å². The van der Waals surface area contributed by atoms with Crippen molar-refractivity contribution in [2.24, 2.45) is 0 Å². The second-order valence-corrected chi connectivity index (χ2v) is 5.50. The molecule has 2 aromatic rings. The van der Waals surface area contributed by atoms with Gasteiger partial charge in [0.05, 0.1) is 6.61 Å². The molecule has 0 aliphatic rings. The van der Waals surface area contributed by atoms with Gasteiger partial charge in [-0.3, -0.25) is 0 Å². The predicted molar refractivity (Wildman–Crippen MR) is 80.9 cm³/mol. The minimum Gasteiger partial charge on any atom is -0.383 e. The summed E-state index contributed by atoms with van der Waals surface area (Å²) in [6.45, 7) is 4.38. The number of nitrogens with one attached hydrogen (secondary N) is 1. The van der Waals surface area contributed by atoms with Crippen molar-refractivity contribution in [3.8, 4) is 0 Å². The number of aryl methyl sites for hydroxylation is 1. The van der Waals surface area contributed by atoms with Crippen molar-refractivity contribution in [2.75, 3.05) is 20.3 Å². The molecular formula is C15H19N3OS. The average Bonchev–Trinajstić information content (AvgIpc) is 2.48. The molecule has 5 heteroatoms. The van der Waals surface area contributed by atoms with Crippen LogP contribution in [0.5, 0.6) is 0 Å². The minimum absolute atomic E-state index is 0.711. The number of rotatable bonds is 7. The Balaban J connectivity index is 1.86. The molecule has 1 aromatic heterocycles. The fourth-order valence-electron chi connectivity index (χ4n) is 1.61. The SMILES string of the molecule is COCCNCc1cnc(Sc2ccc(C)cc2)nc1. The number of methoxy groups -OCH3 is 1. The molecule has 0 fully saturated rings. The van der Waals surface area contributed by atoms with Crippen molar-refractivity contribution in [3.05, 3.63) is 47.8 Å². The lowest BCUT2D eigenvalue weighted by molar-refractivity contribution is 0.199. The van der Waals surface area contributed by atoms with E-state index in [0.717, 1.165) is 28.7 Å². The number of hydrogen-bond acceptors (Lipinski definition) is 5. The zero-order valence-electron chi connectivity index (χ0n) is 11.8. The quantitative estimate of drug-likeness (QED) is 0.627. The summed E-state index contributed by atoms with van der Waals surface area (Å²) < 4.78 is 4.98. The highest BCUT2D eigenvalue weighted by molar-refractivity contribution is 7.99. The maximum atomic E-state index is 4.98. The van der Waals surface area contributed by atoms with Gasteiger partial charge in [-0.05, 0) is 30.8 Å². The molecule has 0 aliphatic heterocycles. The van der Waals surface area contributed by atoms with Crippen LogP contribution in [0.25, 0.3) is 0 Å². The van der Waals surface area contributed by atoms with Gasteiger partial charge in [0.15, 0.2) is 5.16 Å². The lowest BCUT2D eigenvalue weighted by Gasteiger charge is -2.04. The topological polar surface area (TPSA) is 47.0 Å². The number of ether oxygens (including phenoxy) is 1. The lowest BCUT2D eigenvalue weighted by atomic mass is 10.2. The fourth-order valence-corrected chi connectivity index (χ4v) is 2.30. The van der Waals surface area contributed by atoms with E-state index in [0.29, 0.717) is 6.61 Å². The lowest BCUT2D eigenvalue weighted by Crippen LogP contribution is -2.18. The van der Waals surface area contributed by atoms with E-state index in [4.69, 9.17) is 4.74 Å². The predicted octanol–water partition coefficient (Wildman–Crippen LogP) is 2.67. The molecule has 106 valence electrons. The third kappa shape index (κ3) is 4.92. The highest BCUT2D eigenvalue weighted by atomic mass is 32.2. The Labute approximate surface area is 124 Å². The smallest absolute Gasteiger partial charge is 0.192 e. The van der Waals surface area contributed by atoms with Crippen LogP contribution < -0.4 is 5.32 Å². The first-order chi connectivity index (χ1) is 9.78. The monoisotopic (exact) mass is 289 g/mol. The maximum Gasteiger partial charge on any atom is 0.192 e. The third-order valence-electron chi connectivity index (χ3n) is 2.72. The Bertz CT molecular complexity index is 514. The summed E-state index contributed by atoms with van der Waals surface area (Å²) in [6.07, 6.45) is 3.73. The molecular weight excluding hydrogens is 270 g/mol. The van der Waals surface area contributed by atoms with Gasteiger partial charge in [0.25, 0.3) is 0 Å². The largest absolute Gasteiger partial charge is 0.383 e. The Morgan fingerprint density at radius 2 is 1.85 bits per heavy atom. The zero-order valence-corrected chi connectivity index (χ0v) is 12.6. The second kappa shape index (κ2) is 7.99. The van der Waals surface area contributed by atoms with Gasteiger partial charge in [-0.2, -0.15) is 0 Å². The number of hydrogen-bond donors (Lipinski definition) is 1. The summed E-state index contributed by atoms with van der Waals surface area (Å²) in [5.74, 6) is 0. The molecule has 2 rings (SSSR count). The normalized spacial score (nSPS) is 10.7. The number of nitrogens with zero attached hydrogens (tertiary/aromatic N) is 2.